The molecule has 20 heavy (non-hydrogen) atoms. The molecule has 5 nitrogen and oxygen atoms in total. The van der Waals surface area contributed by atoms with Gasteiger partial charge in [0.2, 0.25) is 0 Å². The number of rotatable bonds is 2. The van der Waals surface area contributed by atoms with Crippen molar-refractivity contribution >= 4 is 6.09 Å². The van der Waals surface area contributed by atoms with Crippen LogP contribution in [-0.4, -0.2) is 54.5 Å². The Morgan fingerprint density at radius 2 is 1.85 bits per heavy atom. The monoisotopic (exact) mass is 284 g/mol. The smallest absolute Gasteiger partial charge is 0.409 e. The molecule has 0 bridgehead atoms. The van der Waals surface area contributed by atoms with Gasteiger partial charge in [-0.05, 0) is 47.0 Å². The quantitative estimate of drug-likeness (QED) is 0.844. The lowest BCUT2D eigenvalue weighted by Crippen LogP contribution is -2.52. The number of hydrogen-bond donors (Lipinski definition) is 1. The van der Waals surface area contributed by atoms with Crippen molar-refractivity contribution in [2.45, 2.75) is 70.2 Å². The summed E-state index contributed by atoms with van der Waals surface area (Å²) >= 11 is 0. The Balaban J connectivity index is 1.85. The van der Waals surface area contributed by atoms with Crippen LogP contribution in [0.1, 0.15) is 47.0 Å². The van der Waals surface area contributed by atoms with E-state index >= 15 is 0 Å². The first-order chi connectivity index (χ1) is 9.23. The van der Waals surface area contributed by atoms with Crippen LogP contribution in [0.3, 0.4) is 0 Å². The molecule has 1 amide bonds. The lowest BCUT2D eigenvalue weighted by atomic mass is 9.92. The molecule has 0 aromatic carbocycles. The van der Waals surface area contributed by atoms with Gasteiger partial charge >= 0.3 is 6.09 Å². The van der Waals surface area contributed by atoms with E-state index in [-0.39, 0.29) is 17.3 Å². The molecule has 0 radical (unpaired) electrons. The maximum atomic E-state index is 11.5. The number of amides is 1. The Morgan fingerprint density at radius 1 is 1.25 bits per heavy atom. The molecule has 2 aliphatic heterocycles. The predicted octanol–water partition coefficient (Wildman–Crippen LogP) is 2.15. The van der Waals surface area contributed by atoms with Gasteiger partial charge in [-0.15, -0.1) is 0 Å². The van der Waals surface area contributed by atoms with Crippen LogP contribution in [0.2, 0.25) is 0 Å². The van der Waals surface area contributed by atoms with Gasteiger partial charge < -0.3 is 19.7 Å². The Morgan fingerprint density at radius 3 is 2.30 bits per heavy atom. The number of methoxy groups -OCH3 is 1. The Kier molecular flexibility index (Phi) is 4.30. The van der Waals surface area contributed by atoms with Gasteiger partial charge in [-0.25, -0.2) is 4.79 Å². The maximum absolute atomic E-state index is 11.5. The number of piperidine rings is 1. The molecule has 1 atom stereocenters. The standard InChI is InChI=1S/C15H28N2O3/c1-14(2)10-12(15(3,4)20-14)16-11-6-8-17(9-7-11)13(18)19-5/h11-12,16H,6-10H2,1-5H3. The molecular weight excluding hydrogens is 256 g/mol. The lowest BCUT2D eigenvalue weighted by Gasteiger charge is -2.35. The van der Waals surface area contributed by atoms with Gasteiger partial charge in [0.15, 0.2) is 0 Å². The van der Waals surface area contributed by atoms with Gasteiger partial charge in [0.05, 0.1) is 18.3 Å². The van der Waals surface area contributed by atoms with E-state index in [0.29, 0.717) is 12.1 Å². The van der Waals surface area contributed by atoms with Gasteiger partial charge in [0, 0.05) is 25.2 Å². The second-order valence-corrected chi connectivity index (χ2v) is 7.12. The van der Waals surface area contributed by atoms with Crippen LogP contribution in [0.5, 0.6) is 0 Å². The maximum Gasteiger partial charge on any atom is 0.409 e. The summed E-state index contributed by atoms with van der Waals surface area (Å²) in [5, 5.41) is 3.74. The molecular formula is C15H28N2O3. The third-order valence-corrected chi connectivity index (χ3v) is 4.44. The molecule has 2 rings (SSSR count). The number of hydrogen-bond acceptors (Lipinski definition) is 4. The van der Waals surface area contributed by atoms with E-state index in [1.54, 1.807) is 4.90 Å². The van der Waals surface area contributed by atoms with Crippen molar-refractivity contribution in [2.75, 3.05) is 20.2 Å². The number of nitrogens with one attached hydrogen (secondary N) is 1. The summed E-state index contributed by atoms with van der Waals surface area (Å²) in [6.45, 7) is 10.1. The molecule has 0 aromatic rings. The molecule has 0 spiro atoms. The van der Waals surface area contributed by atoms with E-state index in [1.807, 2.05) is 0 Å². The van der Waals surface area contributed by atoms with Gasteiger partial charge in [0.1, 0.15) is 0 Å². The first kappa shape index (κ1) is 15.6. The molecule has 0 aliphatic carbocycles. The third-order valence-electron chi connectivity index (χ3n) is 4.44. The first-order valence-corrected chi connectivity index (χ1v) is 7.53. The summed E-state index contributed by atoms with van der Waals surface area (Å²) in [7, 11) is 1.44. The van der Waals surface area contributed by atoms with Gasteiger partial charge in [-0.1, -0.05) is 0 Å². The zero-order valence-electron chi connectivity index (χ0n) is 13.4. The summed E-state index contributed by atoms with van der Waals surface area (Å²) in [5.74, 6) is 0. The normalized spacial score (nSPS) is 29.4. The summed E-state index contributed by atoms with van der Waals surface area (Å²) in [6, 6.07) is 0.824. The molecule has 0 saturated carbocycles. The minimum Gasteiger partial charge on any atom is -0.453 e. The van der Waals surface area contributed by atoms with Crippen molar-refractivity contribution in [3.8, 4) is 0 Å². The van der Waals surface area contributed by atoms with Crippen LogP contribution in [0.4, 0.5) is 4.79 Å². The Labute approximate surface area is 122 Å². The van der Waals surface area contributed by atoms with Crippen LogP contribution in [-0.2, 0) is 9.47 Å². The number of carbonyl (C=O) groups is 1. The molecule has 2 fully saturated rings. The van der Waals surface area contributed by atoms with E-state index in [0.717, 1.165) is 32.4 Å². The van der Waals surface area contributed by atoms with Crippen molar-refractivity contribution < 1.29 is 14.3 Å². The van der Waals surface area contributed by atoms with Gasteiger partial charge in [-0.3, -0.25) is 0 Å². The minimum atomic E-state index is -0.214. The highest BCUT2D eigenvalue weighted by molar-refractivity contribution is 5.67. The summed E-state index contributed by atoms with van der Waals surface area (Å²) in [6.07, 6.45) is 2.76. The van der Waals surface area contributed by atoms with Crippen molar-refractivity contribution in [1.29, 1.82) is 0 Å². The molecule has 2 aliphatic rings. The topological polar surface area (TPSA) is 50.8 Å². The zero-order chi connectivity index (χ0) is 15.0. The van der Waals surface area contributed by atoms with Crippen molar-refractivity contribution in [3.63, 3.8) is 0 Å². The van der Waals surface area contributed by atoms with Gasteiger partial charge in [-0.2, -0.15) is 0 Å². The van der Waals surface area contributed by atoms with E-state index < -0.39 is 0 Å². The molecule has 116 valence electrons. The van der Waals surface area contributed by atoms with Crippen LogP contribution in [0.15, 0.2) is 0 Å². The number of ether oxygens (including phenoxy) is 2. The fourth-order valence-electron chi connectivity index (χ4n) is 3.46. The first-order valence-electron chi connectivity index (χ1n) is 7.53. The van der Waals surface area contributed by atoms with E-state index in [9.17, 15) is 4.79 Å². The largest absolute Gasteiger partial charge is 0.453 e. The molecule has 2 heterocycles. The summed E-state index contributed by atoms with van der Waals surface area (Å²) < 4.78 is 10.9. The van der Waals surface area contributed by atoms with Crippen LogP contribution >= 0.6 is 0 Å². The highest BCUT2D eigenvalue weighted by Crippen LogP contribution is 2.37. The average molecular weight is 284 g/mol. The van der Waals surface area contributed by atoms with Crippen LogP contribution < -0.4 is 5.32 Å². The van der Waals surface area contributed by atoms with Crippen molar-refractivity contribution in [3.05, 3.63) is 0 Å². The second kappa shape index (κ2) is 5.53. The molecule has 0 aromatic heterocycles. The molecule has 2 saturated heterocycles. The fourth-order valence-corrected chi connectivity index (χ4v) is 3.46. The van der Waals surface area contributed by atoms with Crippen molar-refractivity contribution in [2.24, 2.45) is 0 Å². The van der Waals surface area contributed by atoms with E-state index in [4.69, 9.17) is 9.47 Å². The molecule has 1 N–H and O–H groups in total. The molecule has 1 unspecified atom stereocenters. The average Bonchev–Trinajstić information content (AvgIpc) is 2.57. The minimum absolute atomic E-state index is 0.0616. The highest BCUT2D eigenvalue weighted by atomic mass is 16.5. The third kappa shape index (κ3) is 3.44. The fraction of sp³-hybridized carbons (Fsp3) is 0.933. The van der Waals surface area contributed by atoms with E-state index in [1.165, 1.54) is 7.11 Å². The zero-order valence-corrected chi connectivity index (χ0v) is 13.4. The summed E-state index contributed by atoms with van der Waals surface area (Å²) in [4.78, 5) is 13.2. The molecule has 5 heteroatoms. The Hall–Kier alpha value is -0.810. The van der Waals surface area contributed by atoms with Crippen molar-refractivity contribution in [1.82, 2.24) is 10.2 Å². The Bertz CT molecular complexity index is 360. The highest BCUT2D eigenvalue weighted by Gasteiger charge is 2.46. The predicted molar refractivity (Wildman–Crippen MR) is 77.8 cm³/mol. The second-order valence-electron chi connectivity index (χ2n) is 7.12. The van der Waals surface area contributed by atoms with Crippen LogP contribution in [0, 0.1) is 0 Å². The van der Waals surface area contributed by atoms with E-state index in [2.05, 4.69) is 33.0 Å². The SMILES string of the molecule is COC(=O)N1CCC(NC2CC(C)(C)OC2(C)C)CC1. The lowest BCUT2D eigenvalue weighted by molar-refractivity contribution is -0.0708. The number of likely N-dealkylation sites (tertiary alicyclic amines) is 1. The van der Waals surface area contributed by atoms with Crippen LogP contribution in [0.25, 0.3) is 0 Å². The number of nitrogens with zero attached hydrogens (tertiary/aromatic N) is 1. The summed E-state index contributed by atoms with van der Waals surface area (Å²) in [5.41, 5.74) is -0.198. The van der Waals surface area contributed by atoms with Gasteiger partial charge in [0.25, 0.3) is 0 Å². The number of carbonyl (C=O) groups excluding carboxylic acids is 1.